The topological polar surface area (TPSA) is 72.7 Å². The Kier molecular flexibility index (Phi) is 7.16. The van der Waals surface area contributed by atoms with Crippen LogP contribution in [0.4, 0.5) is 0 Å². The number of nitrogens with one attached hydrogen (secondary N) is 1. The third-order valence-corrected chi connectivity index (χ3v) is 4.11. The Morgan fingerprint density at radius 2 is 2.00 bits per heavy atom. The maximum Gasteiger partial charge on any atom is 0.0881 e. The summed E-state index contributed by atoms with van der Waals surface area (Å²) in [5, 5.41) is 30.9. The first-order valence-electron chi connectivity index (χ1n) is 7.19. The molecule has 0 bridgehead atoms. The first-order valence-corrected chi connectivity index (χ1v) is 7.19. The average Bonchev–Trinajstić information content (AvgIpc) is 2.66. The van der Waals surface area contributed by atoms with Crippen molar-refractivity contribution in [3.8, 4) is 0 Å². The summed E-state index contributed by atoms with van der Waals surface area (Å²) >= 11 is 0. The molecule has 0 saturated heterocycles. The van der Waals surface area contributed by atoms with Crippen molar-refractivity contribution in [2.75, 3.05) is 26.4 Å². The van der Waals surface area contributed by atoms with Crippen LogP contribution in [0.2, 0.25) is 0 Å². The molecule has 1 rings (SSSR count). The Morgan fingerprint density at radius 1 is 1.35 bits per heavy atom. The van der Waals surface area contributed by atoms with Crippen LogP contribution in [0.5, 0.6) is 0 Å². The molecule has 4 N–H and O–H groups in total. The van der Waals surface area contributed by atoms with Crippen molar-refractivity contribution in [1.82, 2.24) is 5.32 Å². The molecule has 2 atom stereocenters. The van der Waals surface area contributed by atoms with Crippen LogP contribution in [0.15, 0.2) is 36.5 Å². The first kappa shape index (κ1) is 17.1. The molecule has 0 aromatic heterocycles. The minimum Gasteiger partial charge on any atom is -0.394 e. The van der Waals surface area contributed by atoms with E-state index >= 15 is 0 Å². The first-order chi connectivity index (χ1) is 9.60. The number of allylic oxidation sites excluding steroid dienone is 5. The fraction of sp³-hybridized carbons (Fsp3) is 0.625. The zero-order chi connectivity index (χ0) is 15.0. The number of aliphatic hydroxyl groups is 3. The predicted octanol–water partition coefficient (Wildman–Crippen LogP) is 1.01. The largest absolute Gasteiger partial charge is 0.394 e. The predicted molar refractivity (Wildman–Crippen MR) is 81.3 cm³/mol. The molecule has 0 heterocycles. The van der Waals surface area contributed by atoms with Crippen molar-refractivity contribution in [3.05, 3.63) is 36.5 Å². The molecule has 0 aliphatic heterocycles. The molecule has 0 saturated carbocycles. The van der Waals surface area contributed by atoms with Crippen LogP contribution < -0.4 is 5.32 Å². The van der Waals surface area contributed by atoms with Crippen LogP contribution in [0.3, 0.4) is 0 Å². The Morgan fingerprint density at radius 3 is 2.55 bits per heavy atom. The molecule has 4 heteroatoms. The van der Waals surface area contributed by atoms with E-state index in [1.807, 2.05) is 6.08 Å². The van der Waals surface area contributed by atoms with Crippen LogP contribution >= 0.6 is 0 Å². The molecule has 0 aromatic rings. The summed E-state index contributed by atoms with van der Waals surface area (Å²) in [6, 6.07) is 0. The molecular formula is C16H27NO3. The minimum atomic E-state index is -0.984. The number of rotatable bonds is 8. The van der Waals surface area contributed by atoms with Crippen molar-refractivity contribution >= 4 is 0 Å². The fourth-order valence-corrected chi connectivity index (χ4v) is 2.34. The van der Waals surface area contributed by atoms with E-state index in [1.165, 1.54) is 0 Å². The third-order valence-electron chi connectivity index (χ3n) is 4.11. The number of hydrogen-bond acceptors (Lipinski definition) is 4. The summed E-state index contributed by atoms with van der Waals surface area (Å²) in [4.78, 5) is 0. The van der Waals surface area contributed by atoms with Crippen molar-refractivity contribution in [1.29, 1.82) is 0 Å². The average molecular weight is 281 g/mol. The molecule has 0 amide bonds. The Balaban J connectivity index is 2.51. The maximum atomic E-state index is 9.26. The van der Waals surface area contributed by atoms with Gasteiger partial charge in [-0.1, -0.05) is 37.8 Å². The molecule has 4 nitrogen and oxygen atoms in total. The molecule has 0 spiro atoms. The van der Waals surface area contributed by atoms with Gasteiger partial charge in [-0.25, -0.2) is 0 Å². The molecule has 1 aliphatic rings. The van der Waals surface area contributed by atoms with Crippen molar-refractivity contribution in [2.24, 2.45) is 11.8 Å². The highest BCUT2D eigenvalue weighted by molar-refractivity contribution is 5.30. The lowest BCUT2D eigenvalue weighted by Gasteiger charge is -2.30. The number of aliphatic hydroxyl groups excluding tert-OH is 3. The highest BCUT2D eigenvalue weighted by atomic mass is 16.3. The van der Waals surface area contributed by atoms with Crippen molar-refractivity contribution < 1.29 is 15.3 Å². The minimum absolute atomic E-state index is 0.280. The smallest absolute Gasteiger partial charge is 0.0881 e. The summed E-state index contributed by atoms with van der Waals surface area (Å²) in [7, 11) is 0. The standard InChI is InChI=1S/C16H27NO3/c1-3-14-5-4-13(2)15(7-6-14)8-9-17-16(10-18,11-19)12-20/h3,5-7,13,15,17-20H,1,4,8-12H2,2H3. The van der Waals surface area contributed by atoms with Gasteiger partial charge in [0.1, 0.15) is 0 Å². The van der Waals surface area contributed by atoms with Gasteiger partial charge >= 0.3 is 0 Å². The van der Waals surface area contributed by atoms with Crippen LogP contribution in [-0.4, -0.2) is 47.2 Å². The van der Waals surface area contributed by atoms with Gasteiger partial charge in [0.05, 0.1) is 25.4 Å². The lowest BCUT2D eigenvalue weighted by atomic mass is 9.89. The molecular weight excluding hydrogens is 254 g/mol. The highest BCUT2D eigenvalue weighted by Gasteiger charge is 2.27. The molecule has 0 fully saturated rings. The van der Waals surface area contributed by atoms with E-state index in [4.69, 9.17) is 0 Å². The van der Waals surface area contributed by atoms with Gasteiger partial charge in [0.25, 0.3) is 0 Å². The van der Waals surface area contributed by atoms with Crippen LogP contribution in [-0.2, 0) is 0 Å². The summed E-state index contributed by atoms with van der Waals surface area (Å²) < 4.78 is 0. The van der Waals surface area contributed by atoms with E-state index in [9.17, 15) is 15.3 Å². The van der Waals surface area contributed by atoms with E-state index in [1.54, 1.807) is 0 Å². The molecule has 20 heavy (non-hydrogen) atoms. The molecule has 1 aliphatic carbocycles. The highest BCUT2D eigenvalue weighted by Crippen LogP contribution is 2.25. The van der Waals surface area contributed by atoms with Gasteiger partial charge in [-0.3, -0.25) is 0 Å². The van der Waals surface area contributed by atoms with E-state index in [0.29, 0.717) is 18.4 Å². The quantitative estimate of drug-likeness (QED) is 0.536. The van der Waals surface area contributed by atoms with E-state index in [-0.39, 0.29) is 19.8 Å². The zero-order valence-electron chi connectivity index (χ0n) is 12.3. The van der Waals surface area contributed by atoms with Gasteiger partial charge in [-0.05, 0) is 36.8 Å². The fourth-order valence-electron chi connectivity index (χ4n) is 2.34. The molecule has 0 radical (unpaired) electrons. The van der Waals surface area contributed by atoms with E-state index < -0.39 is 5.54 Å². The molecule has 0 aromatic carbocycles. The third kappa shape index (κ3) is 4.56. The summed E-state index contributed by atoms with van der Waals surface area (Å²) in [5.41, 5.74) is 0.171. The van der Waals surface area contributed by atoms with Gasteiger partial charge in [0.2, 0.25) is 0 Å². The second kappa shape index (κ2) is 8.37. The van der Waals surface area contributed by atoms with E-state index in [2.05, 4.69) is 37.0 Å². The van der Waals surface area contributed by atoms with Gasteiger partial charge in [0, 0.05) is 0 Å². The maximum absolute atomic E-state index is 9.26. The van der Waals surface area contributed by atoms with Gasteiger partial charge in [-0.2, -0.15) is 0 Å². The van der Waals surface area contributed by atoms with Gasteiger partial charge in [0.15, 0.2) is 0 Å². The lowest BCUT2D eigenvalue weighted by molar-refractivity contribution is 0.0418. The second-order valence-electron chi connectivity index (χ2n) is 5.61. The van der Waals surface area contributed by atoms with E-state index in [0.717, 1.165) is 18.4 Å². The summed E-state index contributed by atoms with van der Waals surface area (Å²) in [6.07, 6.45) is 10.3. The Bertz CT molecular complexity index is 350. The molecule has 2 unspecified atom stereocenters. The van der Waals surface area contributed by atoms with Crippen LogP contribution in [0.1, 0.15) is 19.8 Å². The zero-order valence-corrected chi connectivity index (χ0v) is 12.3. The molecule has 114 valence electrons. The monoisotopic (exact) mass is 281 g/mol. The summed E-state index contributed by atoms with van der Waals surface area (Å²) in [6.45, 7) is 5.81. The lowest BCUT2D eigenvalue weighted by Crippen LogP contribution is -2.55. The van der Waals surface area contributed by atoms with Crippen molar-refractivity contribution in [3.63, 3.8) is 0 Å². The van der Waals surface area contributed by atoms with Crippen LogP contribution in [0, 0.1) is 11.8 Å². The normalized spacial score (nSPS) is 23.3. The summed E-state index contributed by atoms with van der Waals surface area (Å²) in [5.74, 6) is 0.974. The van der Waals surface area contributed by atoms with Crippen LogP contribution in [0.25, 0.3) is 0 Å². The van der Waals surface area contributed by atoms with Crippen molar-refractivity contribution in [2.45, 2.75) is 25.3 Å². The van der Waals surface area contributed by atoms with Gasteiger partial charge in [-0.15, -0.1) is 0 Å². The second-order valence-corrected chi connectivity index (χ2v) is 5.61. The SMILES string of the molecule is C=CC1=CCC(C)C(CCNC(CO)(CO)CO)C=C1. The number of hydrogen-bond donors (Lipinski definition) is 4. The Labute approximate surface area is 121 Å². The van der Waals surface area contributed by atoms with Gasteiger partial charge < -0.3 is 20.6 Å². The Hall–Kier alpha value is -0.940.